The van der Waals surface area contributed by atoms with Gasteiger partial charge in [-0.2, -0.15) is 0 Å². The highest BCUT2D eigenvalue weighted by Gasteiger charge is 2.29. The van der Waals surface area contributed by atoms with E-state index >= 15 is 0 Å². The van der Waals surface area contributed by atoms with Crippen molar-refractivity contribution in [3.05, 3.63) is 30.3 Å². The molecule has 88 valence electrons. The average molecular weight is 244 g/mol. The quantitative estimate of drug-likeness (QED) is 0.545. The summed E-state index contributed by atoms with van der Waals surface area (Å²) in [6, 6.07) is 8.13. The zero-order valence-corrected chi connectivity index (χ0v) is 9.40. The number of benzene rings is 1. The molecule has 0 amide bonds. The maximum absolute atomic E-state index is 11.4. The van der Waals surface area contributed by atoms with E-state index in [1.165, 1.54) is 19.2 Å². The summed E-state index contributed by atoms with van der Waals surface area (Å²) in [6.45, 7) is 0. The van der Waals surface area contributed by atoms with E-state index in [0.717, 1.165) is 0 Å². The largest absolute Gasteiger partial charge is 0.425 e. The molecule has 0 fully saturated rings. The van der Waals surface area contributed by atoms with Gasteiger partial charge in [-0.25, -0.2) is 18.4 Å². The molecule has 0 bridgehead atoms. The minimum absolute atomic E-state index is 0.261. The topological polar surface area (TPSA) is 98.5 Å². The van der Waals surface area contributed by atoms with Gasteiger partial charge in [0.15, 0.2) is 0 Å². The molecule has 7 heteroatoms. The van der Waals surface area contributed by atoms with Crippen LogP contribution in [0.4, 0.5) is 0 Å². The van der Waals surface area contributed by atoms with Gasteiger partial charge in [-0.15, -0.1) is 0 Å². The van der Waals surface area contributed by atoms with Crippen molar-refractivity contribution in [3.63, 3.8) is 0 Å². The first-order valence-corrected chi connectivity index (χ1v) is 6.01. The summed E-state index contributed by atoms with van der Waals surface area (Å²) < 4.78 is 26.9. The minimum atomic E-state index is -4.02. The molecule has 3 N–H and O–H groups in total. The Kier molecular flexibility index (Phi) is 3.99. The summed E-state index contributed by atoms with van der Waals surface area (Å²) in [6.07, 6.45) is 0. The number of carbonyl (C=O) groups excluding carboxylic acids is 1. The van der Waals surface area contributed by atoms with Crippen LogP contribution in [0.5, 0.6) is 5.75 Å². The molecular weight excluding hydrogens is 232 g/mol. The zero-order valence-electron chi connectivity index (χ0n) is 8.58. The lowest BCUT2D eigenvalue weighted by Crippen LogP contribution is -2.47. The monoisotopic (exact) mass is 244 g/mol. The van der Waals surface area contributed by atoms with Crippen LogP contribution in [0.15, 0.2) is 30.3 Å². The third kappa shape index (κ3) is 3.30. The Labute approximate surface area is 93.5 Å². The molecule has 0 saturated heterocycles. The van der Waals surface area contributed by atoms with Gasteiger partial charge in [-0.3, -0.25) is 5.32 Å². The molecule has 1 aromatic rings. The second kappa shape index (κ2) is 5.06. The molecule has 0 aromatic heterocycles. The molecule has 0 heterocycles. The van der Waals surface area contributed by atoms with Crippen LogP contribution in [0.3, 0.4) is 0 Å². The molecule has 0 aliphatic heterocycles. The van der Waals surface area contributed by atoms with Gasteiger partial charge in [0.2, 0.25) is 15.4 Å². The Morgan fingerprint density at radius 3 is 2.38 bits per heavy atom. The van der Waals surface area contributed by atoms with Crippen LogP contribution in [0.25, 0.3) is 0 Å². The smallest absolute Gasteiger partial charge is 0.345 e. The normalized spacial score (nSPS) is 13.1. The number of nitrogens with two attached hydrogens (primary N) is 1. The summed E-state index contributed by atoms with van der Waals surface area (Å²) in [5, 5.41) is 5.57. The number of rotatable bonds is 4. The van der Waals surface area contributed by atoms with Gasteiger partial charge in [-0.1, -0.05) is 18.2 Å². The van der Waals surface area contributed by atoms with Gasteiger partial charge >= 0.3 is 5.97 Å². The third-order valence-corrected chi connectivity index (χ3v) is 2.85. The Morgan fingerprint density at radius 2 is 1.94 bits per heavy atom. The van der Waals surface area contributed by atoms with E-state index in [9.17, 15) is 13.2 Å². The fourth-order valence-corrected chi connectivity index (χ4v) is 1.72. The molecular formula is C9H12N2O4S. The van der Waals surface area contributed by atoms with Gasteiger partial charge in [0.05, 0.1) is 0 Å². The Bertz CT molecular complexity index is 458. The van der Waals surface area contributed by atoms with E-state index in [1.54, 1.807) is 18.2 Å². The number of primary sulfonamides is 1. The molecule has 0 spiro atoms. The molecule has 1 atom stereocenters. The van der Waals surface area contributed by atoms with Crippen molar-refractivity contribution in [3.8, 4) is 5.75 Å². The predicted molar refractivity (Wildman–Crippen MR) is 58.0 cm³/mol. The lowest BCUT2D eigenvalue weighted by atomic mass is 10.3. The highest BCUT2D eigenvalue weighted by molar-refractivity contribution is 7.90. The van der Waals surface area contributed by atoms with Crippen LogP contribution in [0.2, 0.25) is 0 Å². The van der Waals surface area contributed by atoms with Crippen molar-refractivity contribution in [1.29, 1.82) is 0 Å². The van der Waals surface area contributed by atoms with Crippen LogP contribution in [0.1, 0.15) is 0 Å². The highest BCUT2D eigenvalue weighted by atomic mass is 32.2. The van der Waals surface area contributed by atoms with Crippen molar-refractivity contribution in [2.75, 3.05) is 7.05 Å². The van der Waals surface area contributed by atoms with Crippen LogP contribution < -0.4 is 15.2 Å². The van der Waals surface area contributed by atoms with Crippen molar-refractivity contribution in [2.45, 2.75) is 5.37 Å². The Balaban J connectivity index is 2.80. The first kappa shape index (κ1) is 12.6. The van der Waals surface area contributed by atoms with Crippen LogP contribution in [0, 0.1) is 0 Å². The number of sulfonamides is 1. The fourth-order valence-electron chi connectivity index (χ4n) is 1.07. The first-order valence-electron chi connectivity index (χ1n) is 4.41. The summed E-state index contributed by atoms with van der Waals surface area (Å²) in [4.78, 5) is 11.4. The van der Waals surface area contributed by atoms with Crippen molar-refractivity contribution < 1.29 is 17.9 Å². The van der Waals surface area contributed by atoms with E-state index in [0.29, 0.717) is 0 Å². The number of ether oxygens (including phenoxy) is 1. The third-order valence-electron chi connectivity index (χ3n) is 1.77. The number of esters is 1. The Morgan fingerprint density at radius 1 is 1.38 bits per heavy atom. The summed E-state index contributed by atoms with van der Waals surface area (Å²) >= 11 is 0. The van der Waals surface area contributed by atoms with Gasteiger partial charge < -0.3 is 4.74 Å². The molecule has 1 unspecified atom stereocenters. The average Bonchev–Trinajstić information content (AvgIpc) is 2.17. The van der Waals surface area contributed by atoms with Crippen molar-refractivity contribution >= 4 is 16.0 Å². The number of nitrogens with one attached hydrogen (secondary N) is 1. The second-order valence-corrected chi connectivity index (χ2v) is 4.64. The molecule has 1 aromatic carbocycles. The highest BCUT2D eigenvalue weighted by Crippen LogP contribution is 2.09. The lowest BCUT2D eigenvalue weighted by molar-refractivity contribution is -0.134. The number of likely N-dealkylation sites (N-methyl/N-ethyl adjacent to an activating group) is 1. The lowest BCUT2D eigenvalue weighted by Gasteiger charge is -2.12. The molecule has 1 rings (SSSR count). The number of para-hydroxylation sites is 1. The zero-order chi connectivity index (χ0) is 12.2. The van der Waals surface area contributed by atoms with Gasteiger partial charge in [-0.05, 0) is 19.2 Å². The number of hydrogen-bond acceptors (Lipinski definition) is 5. The SMILES string of the molecule is CNC(C(=O)Oc1ccccc1)S(N)(=O)=O. The maximum Gasteiger partial charge on any atom is 0.345 e. The summed E-state index contributed by atoms with van der Waals surface area (Å²) in [5.41, 5.74) is 0. The summed E-state index contributed by atoms with van der Waals surface area (Å²) in [5.74, 6) is -0.701. The van der Waals surface area contributed by atoms with Crippen LogP contribution in [-0.2, 0) is 14.8 Å². The fraction of sp³-hybridized carbons (Fsp3) is 0.222. The second-order valence-electron chi connectivity index (χ2n) is 2.99. The Hall–Kier alpha value is -1.44. The molecule has 16 heavy (non-hydrogen) atoms. The number of carbonyl (C=O) groups is 1. The molecule has 0 saturated carbocycles. The molecule has 0 aliphatic rings. The van der Waals surface area contributed by atoms with Crippen LogP contribution >= 0.6 is 0 Å². The minimum Gasteiger partial charge on any atom is -0.425 e. The van der Waals surface area contributed by atoms with Crippen molar-refractivity contribution in [1.82, 2.24) is 5.32 Å². The van der Waals surface area contributed by atoms with Gasteiger partial charge in [0.25, 0.3) is 0 Å². The molecule has 6 nitrogen and oxygen atoms in total. The van der Waals surface area contributed by atoms with Gasteiger partial charge in [0, 0.05) is 0 Å². The molecule has 0 aliphatic carbocycles. The molecule has 0 radical (unpaired) electrons. The predicted octanol–water partition coefficient (Wildman–Crippen LogP) is -0.574. The van der Waals surface area contributed by atoms with E-state index in [2.05, 4.69) is 5.32 Å². The van der Waals surface area contributed by atoms with E-state index in [-0.39, 0.29) is 5.75 Å². The summed E-state index contributed by atoms with van der Waals surface area (Å²) in [7, 11) is -2.71. The van der Waals surface area contributed by atoms with Crippen LogP contribution in [-0.4, -0.2) is 26.8 Å². The number of hydrogen-bond donors (Lipinski definition) is 2. The maximum atomic E-state index is 11.4. The van der Waals surface area contributed by atoms with E-state index in [4.69, 9.17) is 9.88 Å². The first-order chi connectivity index (χ1) is 7.45. The standard InChI is InChI=1S/C9H12N2O4S/c1-11-8(16(10,13)14)9(12)15-7-5-3-2-4-6-7/h2-6,8,11H,1H3,(H2,10,13,14). The van der Waals surface area contributed by atoms with Gasteiger partial charge in [0.1, 0.15) is 5.75 Å². The van der Waals surface area contributed by atoms with E-state index < -0.39 is 21.4 Å². The van der Waals surface area contributed by atoms with Crippen molar-refractivity contribution in [2.24, 2.45) is 5.14 Å². The van der Waals surface area contributed by atoms with E-state index in [1.807, 2.05) is 0 Å².